The van der Waals surface area contributed by atoms with Crippen molar-refractivity contribution in [1.82, 2.24) is 5.32 Å². The zero-order chi connectivity index (χ0) is 13.4. The summed E-state index contributed by atoms with van der Waals surface area (Å²) >= 11 is 0. The highest BCUT2D eigenvalue weighted by Crippen LogP contribution is 2.30. The van der Waals surface area contributed by atoms with Crippen LogP contribution in [0.15, 0.2) is 18.2 Å². The maximum Gasteiger partial charge on any atom is 0.0371 e. The van der Waals surface area contributed by atoms with Crippen LogP contribution in [0.5, 0.6) is 0 Å². The van der Waals surface area contributed by atoms with Crippen LogP contribution >= 0.6 is 0 Å². The Kier molecular flexibility index (Phi) is 3.53. The van der Waals surface area contributed by atoms with Gasteiger partial charge in [0.1, 0.15) is 0 Å². The summed E-state index contributed by atoms with van der Waals surface area (Å²) < 4.78 is 0. The Labute approximate surface area is 117 Å². The summed E-state index contributed by atoms with van der Waals surface area (Å²) in [5, 5.41) is 3.60. The predicted octanol–water partition coefficient (Wildman–Crippen LogP) is 3.48. The molecule has 2 fully saturated rings. The van der Waals surface area contributed by atoms with Crippen molar-refractivity contribution >= 4 is 5.69 Å². The largest absolute Gasteiger partial charge is 0.369 e. The topological polar surface area (TPSA) is 15.3 Å². The third kappa shape index (κ3) is 2.94. The lowest BCUT2D eigenvalue weighted by Crippen LogP contribution is -2.26. The number of benzene rings is 1. The summed E-state index contributed by atoms with van der Waals surface area (Å²) in [5.74, 6) is 0.825. The molecule has 19 heavy (non-hydrogen) atoms. The second-order valence-electron chi connectivity index (χ2n) is 6.61. The first-order valence-corrected chi connectivity index (χ1v) is 7.73. The fourth-order valence-electron chi connectivity index (χ4n) is 3.26. The molecule has 0 aromatic heterocycles. The van der Waals surface area contributed by atoms with Gasteiger partial charge in [-0.15, -0.1) is 0 Å². The molecule has 2 aliphatic rings. The lowest BCUT2D eigenvalue weighted by Gasteiger charge is -2.25. The Morgan fingerprint density at radius 3 is 2.63 bits per heavy atom. The van der Waals surface area contributed by atoms with Gasteiger partial charge >= 0.3 is 0 Å². The molecule has 3 rings (SSSR count). The zero-order valence-electron chi connectivity index (χ0n) is 12.4. The van der Waals surface area contributed by atoms with Gasteiger partial charge in [-0.1, -0.05) is 13.0 Å². The molecule has 1 saturated carbocycles. The van der Waals surface area contributed by atoms with Gasteiger partial charge in [-0.3, -0.25) is 0 Å². The molecule has 1 N–H and O–H groups in total. The second-order valence-corrected chi connectivity index (χ2v) is 6.61. The van der Waals surface area contributed by atoms with Gasteiger partial charge in [0.2, 0.25) is 0 Å². The Hall–Kier alpha value is -1.02. The minimum Gasteiger partial charge on any atom is -0.369 e. The maximum absolute atomic E-state index is 3.60. The van der Waals surface area contributed by atoms with E-state index in [9.17, 15) is 0 Å². The van der Waals surface area contributed by atoms with E-state index in [1.165, 1.54) is 42.6 Å². The molecule has 2 unspecified atom stereocenters. The zero-order valence-corrected chi connectivity index (χ0v) is 12.4. The van der Waals surface area contributed by atoms with E-state index in [-0.39, 0.29) is 0 Å². The summed E-state index contributed by atoms with van der Waals surface area (Å²) in [4.78, 5) is 2.57. The molecule has 1 saturated heterocycles. The number of nitrogens with zero attached hydrogens (tertiary/aromatic N) is 1. The number of nitrogens with one attached hydrogen (secondary N) is 1. The minimum atomic E-state index is 0.685. The number of hydrogen-bond acceptors (Lipinski definition) is 2. The molecule has 0 radical (unpaired) electrons. The van der Waals surface area contributed by atoms with Gasteiger partial charge < -0.3 is 10.2 Å². The van der Waals surface area contributed by atoms with E-state index in [1.807, 2.05) is 0 Å². The SMILES string of the molecule is Cc1cc(N2CC(C)CC2C)ccc1CNC1CC1. The Morgan fingerprint density at radius 1 is 1.26 bits per heavy atom. The summed E-state index contributed by atoms with van der Waals surface area (Å²) in [6, 6.07) is 8.48. The van der Waals surface area contributed by atoms with Crippen LogP contribution in [0.2, 0.25) is 0 Å². The molecule has 2 nitrogen and oxygen atoms in total. The number of aryl methyl sites for hydroxylation is 1. The lowest BCUT2D eigenvalue weighted by atomic mass is 10.1. The van der Waals surface area contributed by atoms with Crippen molar-refractivity contribution < 1.29 is 0 Å². The van der Waals surface area contributed by atoms with E-state index in [0.717, 1.165) is 18.5 Å². The molecule has 104 valence electrons. The number of rotatable bonds is 4. The van der Waals surface area contributed by atoms with Gasteiger partial charge in [0.25, 0.3) is 0 Å². The van der Waals surface area contributed by atoms with Gasteiger partial charge in [-0.2, -0.15) is 0 Å². The van der Waals surface area contributed by atoms with Crippen LogP contribution in [0.1, 0.15) is 44.2 Å². The van der Waals surface area contributed by atoms with E-state index in [4.69, 9.17) is 0 Å². The molecule has 1 aliphatic heterocycles. The van der Waals surface area contributed by atoms with Crippen LogP contribution in [-0.4, -0.2) is 18.6 Å². The van der Waals surface area contributed by atoms with Crippen LogP contribution in [0.4, 0.5) is 5.69 Å². The number of hydrogen-bond donors (Lipinski definition) is 1. The van der Waals surface area contributed by atoms with Crippen LogP contribution in [0, 0.1) is 12.8 Å². The summed E-state index contributed by atoms with van der Waals surface area (Å²) in [6.07, 6.45) is 4.05. The smallest absolute Gasteiger partial charge is 0.0371 e. The first-order valence-electron chi connectivity index (χ1n) is 7.73. The molecule has 0 spiro atoms. The van der Waals surface area contributed by atoms with E-state index in [1.54, 1.807) is 0 Å². The van der Waals surface area contributed by atoms with Crippen LogP contribution in [0.25, 0.3) is 0 Å². The van der Waals surface area contributed by atoms with Gasteiger partial charge in [0.05, 0.1) is 0 Å². The van der Waals surface area contributed by atoms with E-state index >= 15 is 0 Å². The first kappa shape index (κ1) is 13.0. The van der Waals surface area contributed by atoms with Crippen LogP contribution < -0.4 is 10.2 Å². The normalized spacial score (nSPS) is 27.0. The average Bonchev–Trinajstić information content (AvgIpc) is 3.12. The van der Waals surface area contributed by atoms with Crippen molar-refractivity contribution in [1.29, 1.82) is 0 Å². The highest BCUT2D eigenvalue weighted by atomic mass is 15.2. The third-order valence-corrected chi connectivity index (χ3v) is 4.60. The van der Waals surface area contributed by atoms with Crippen molar-refractivity contribution in [2.45, 2.75) is 58.7 Å². The Morgan fingerprint density at radius 2 is 2.05 bits per heavy atom. The van der Waals surface area contributed by atoms with E-state index in [0.29, 0.717) is 6.04 Å². The first-order chi connectivity index (χ1) is 9.13. The van der Waals surface area contributed by atoms with E-state index in [2.05, 4.69) is 49.2 Å². The van der Waals surface area contributed by atoms with Gasteiger partial charge in [-0.25, -0.2) is 0 Å². The van der Waals surface area contributed by atoms with Crippen molar-refractivity contribution in [3.05, 3.63) is 29.3 Å². The molecule has 2 atom stereocenters. The lowest BCUT2D eigenvalue weighted by molar-refractivity contribution is 0.625. The van der Waals surface area contributed by atoms with Gasteiger partial charge in [-0.05, 0) is 62.3 Å². The summed E-state index contributed by atoms with van der Waals surface area (Å²) in [7, 11) is 0. The summed E-state index contributed by atoms with van der Waals surface area (Å²) in [6.45, 7) is 9.19. The predicted molar refractivity (Wildman–Crippen MR) is 81.6 cm³/mol. The van der Waals surface area contributed by atoms with Crippen molar-refractivity contribution in [2.24, 2.45) is 5.92 Å². The summed E-state index contributed by atoms with van der Waals surface area (Å²) in [5.41, 5.74) is 4.29. The van der Waals surface area contributed by atoms with Gasteiger partial charge in [0.15, 0.2) is 0 Å². The molecule has 2 heteroatoms. The van der Waals surface area contributed by atoms with Crippen LogP contribution in [-0.2, 0) is 6.54 Å². The van der Waals surface area contributed by atoms with Crippen molar-refractivity contribution in [2.75, 3.05) is 11.4 Å². The second kappa shape index (κ2) is 5.16. The van der Waals surface area contributed by atoms with Crippen molar-refractivity contribution in [3.8, 4) is 0 Å². The Bertz CT molecular complexity index is 451. The van der Waals surface area contributed by atoms with Crippen LogP contribution in [0.3, 0.4) is 0 Å². The van der Waals surface area contributed by atoms with E-state index < -0.39 is 0 Å². The quantitative estimate of drug-likeness (QED) is 0.889. The fraction of sp³-hybridized carbons (Fsp3) is 0.647. The third-order valence-electron chi connectivity index (χ3n) is 4.60. The fourth-order valence-corrected chi connectivity index (χ4v) is 3.26. The molecule has 1 heterocycles. The highest BCUT2D eigenvalue weighted by molar-refractivity contribution is 5.52. The molecule has 1 aromatic rings. The molecule has 1 aliphatic carbocycles. The molecule has 1 aromatic carbocycles. The van der Waals surface area contributed by atoms with Gasteiger partial charge in [0, 0.05) is 30.9 Å². The number of anilines is 1. The highest BCUT2D eigenvalue weighted by Gasteiger charge is 2.26. The standard InChI is InChI=1S/C17H26N2/c1-12-8-14(3)19(11-12)17-7-4-15(13(2)9-17)10-18-16-5-6-16/h4,7,9,12,14,16,18H,5-6,8,10-11H2,1-3H3. The monoisotopic (exact) mass is 258 g/mol. The molecular weight excluding hydrogens is 232 g/mol. The maximum atomic E-state index is 3.60. The molecular formula is C17H26N2. The molecule has 0 bridgehead atoms. The van der Waals surface area contributed by atoms with Crippen molar-refractivity contribution in [3.63, 3.8) is 0 Å². The minimum absolute atomic E-state index is 0.685. The average molecular weight is 258 g/mol. The Balaban J connectivity index is 1.71. The molecule has 0 amide bonds.